The Morgan fingerprint density at radius 3 is 3.12 bits per heavy atom. The third kappa shape index (κ3) is 1.65. The van der Waals surface area contributed by atoms with Crippen molar-refractivity contribution >= 4 is 11.8 Å². The molecule has 1 N–H and O–H groups in total. The first-order valence-corrected chi connectivity index (χ1v) is 5.94. The topological polar surface area (TPSA) is 46.4 Å². The zero-order valence-electron chi connectivity index (χ0n) is 9.81. The molecule has 4 heteroatoms. The molecule has 1 fully saturated rings. The first kappa shape index (κ1) is 10.5. The number of imidazole rings is 1. The summed E-state index contributed by atoms with van der Waals surface area (Å²) in [7, 11) is 0. The summed E-state index contributed by atoms with van der Waals surface area (Å²) in [6.07, 6.45) is 3.99. The molecule has 3 rings (SSSR count). The normalized spacial score (nSPS) is 19.9. The first-order valence-electron chi connectivity index (χ1n) is 5.94. The van der Waals surface area contributed by atoms with Crippen LogP contribution in [0.1, 0.15) is 34.2 Å². The van der Waals surface area contributed by atoms with Crippen LogP contribution >= 0.6 is 0 Å². The molecule has 1 aliphatic heterocycles. The molecular formula is C13H15N3O. The lowest BCUT2D eigenvalue weighted by Gasteiger charge is -2.07. The highest BCUT2D eigenvalue weighted by Crippen LogP contribution is 2.24. The number of fused-ring (bicyclic) bond motifs is 1. The molecule has 1 unspecified atom stereocenters. The molecular weight excluding hydrogens is 214 g/mol. The quantitative estimate of drug-likeness (QED) is 0.794. The van der Waals surface area contributed by atoms with Crippen LogP contribution in [0.3, 0.4) is 0 Å². The van der Waals surface area contributed by atoms with Crippen molar-refractivity contribution in [2.45, 2.75) is 19.3 Å². The fraction of sp³-hybridized carbons (Fsp3) is 0.385. The second kappa shape index (κ2) is 3.96. The number of carbonyl (C=O) groups excluding carboxylic acids is 1. The third-order valence-corrected chi connectivity index (χ3v) is 3.38. The molecule has 1 atom stereocenters. The SMILES string of the molecule is Cc1ccc2c(C=O)nc(C3CCNC3)n2c1. The largest absolute Gasteiger partial charge is 0.316 e. The van der Waals surface area contributed by atoms with Gasteiger partial charge in [-0.3, -0.25) is 4.79 Å². The fourth-order valence-electron chi connectivity index (χ4n) is 2.49. The lowest BCUT2D eigenvalue weighted by Crippen LogP contribution is -2.10. The number of nitrogens with one attached hydrogen (secondary N) is 1. The van der Waals surface area contributed by atoms with E-state index in [1.54, 1.807) is 0 Å². The Balaban J connectivity index is 2.22. The summed E-state index contributed by atoms with van der Waals surface area (Å²) in [6.45, 7) is 4.03. The summed E-state index contributed by atoms with van der Waals surface area (Å²) < 4.78 is 2.07. The Kier molecular flexibility index (Phi) is 2.44. The first-order chi connectivity index (χ1) is 8.29. The molecule has 0 bridgehead atoms. The molecule has 4 nitrogen and oxygen atoms in total. The van der Waals surface area contributed by atoms with Crippen LogP contribution in [0.4, 0.5) is 0 Å². The van der Waals surface area contributed by atoms with Crippen molar-refractivity contribution in [3.63, 3.8) is 0 Å². The van der Waals surface area contributed by atoms with Gasteiger partial charge in [-0.1, -0.05) is 6.07 Å². The summed E-state index contributed by atoms with van der Waals surface area (Å²) in [5.41, 5.74) is 2.64. The number of pyridine rings is 1. The Morgan fingerprint density at radius 1 is 1.53 bits per heavy atom. The molecule has 0 radical (unpaired) electrons. The van der Waals surface area contributed by atoms with Gasteiger partial charge in [-0.2, -0.15) is 0 Å². The zero-order chi connectivity index (χ0) is 11.8. The summed E-state index contributed by atoms with van der Waals surface area (Å²) in [4.78, 5) is 15.5. The number of aryl methyl sites for hydroxylation is 1. The zero-order valence-corrected chi connectivity index (χ0v) is 9.81. The van der Waals surface area contributed by atoms with Crippen LogP contribution in [-0.2, 0) is 0 Å². The lowest BCUT2D eigenvalue weighted by atomic mass is 10.1. The van der Waals surface area contributed by atoms with Crippen molar-refractivity contribution in [3.8, 4) is 0 Å². The highest BCUT2D eigenvalue weighted by molar-refractivity contribution is 5.83. The summed E-state index contributed by atoms with van der Waals surface area (Å²) in [5.74, 6) is 1.42. The molecule has 88 valence electrons. The number of aldehydes is 1. The Morgan fingerprint density at radius 2 is 2.41 bits per heavy atom. The van der Waals surface area contributed by atoms with E-state index in [9.17, 15) is 4.79 Å². The van der Waals surface area contributed by atoms with Crippen LogP contribution in [-0.4, -0.2) is 28.8 Å². The molecule has 17 heavy (non-hydrogen) atoms. The predicted molar refractivity (Wildman–Crippen MR) is 65.5 cm³/mol. The second-order valence-corrected chi connectivity index (χ2v) is 4.62. The summed E-state index contributed by atoms with van der Waals surface area (Å²) >= 11 is 0. The lowest BCUT2D eigenvalue weighted by molar-refractivity contribution is 0.112. The van der Waals surface area contributed by atoms with Crippen LogP contribution in [0.25, 0.3) is 5.52 Å². The minimum Gasteiger partial charge on any atom is -0.316 e. The van der Waals surface area contributed by atoms with Gasteiger partial charge < -0.3 is 9.72 Å². The van der Waals surface area contributed by atoms with Gasteiger partial charge in [-0.15, -0.1) is 0 Å². The Bertz CT molecular complexity index is 567. The number of aromatic nitrogens is 2. The van der Waals surface area contributed by atoms with E-state index in [1.807, 2.05) is 12.1 Å². The number of hydrogen-bond donors (Lipinski definition) is 1. The van der Waals surface area contributed by atoms with Gasteiger partial charge in [0, 0.05) is 18.7 Å². The Hall–Kier alpha value is -1.68. The van der Waals surface area contributed by atoms with E-state index < -0.39 is 0 Å². The van der Waals surface area contributed by atoms with Gasteiger partial charge >= 0.3 is 0 Å². The van der Waals surface area contributed by atoms with Crippen LogP contribution < -0.4 is 5.32 Å². The molecule has 0 saturated carbocycles. The maximum atomic E-state index is 11.0. The van der Waals surface area contributed by atoms with E-state index in [0.717, 1.165) is 37.1 Å². The highest BCUT2D eigenvalue weighted by atomic mass is 16.1. The maximum Gasteiger partial charge on any atom is 0.170 e. The smallest absolute Gasteiger partial charge is 0.170 e. The molecule has 2 aromatic rings. The van der Waals surface area contributed by atoms with Gasteiger partial charge in [0.15, 0.2) is 6.29 Å². The van der Waals surface area contributed by atoms with E-state index in [-0.39, 0.29) is 0 Å². The summed E-state index contributed by atoms with van der Waals surface area (Å²) in [5, 5.41) is 3.34. The van der Waals surface area contributed by atoms with Crippen molar-refractivity contribution in [1.29, 1.82) is 0 Å². The number of carbonyl (C=O) groups is 1. The molecule has 3 heterocycles. The van der Waals surface area contributed by atoms with Gasteiger partial charge in [0.05, 0.1) is 5.52 Å². The van der Waals surface area contributed by atoms with Crippen molar-refractivity contribution in [3.05, 3.63) is 35.4 Å². The van der Waals surface area contributed by atoms with Gasteiger partial charge in [-0.25, -0.2) is 4.98 Å². The number of hydrogen-bond acceptors (Lipinski definition) is 3. The molecule has 0 amide bonds. The average Bonchev–Trinajstić information content (AvgIpc) is 2.94. The van der Waals surface area contributed by atoms with Gasteiger partial charge in [0.25, 0.3) is 0 Å². The molecule has 0 spiro atoms. The molecule has 2 aromatic heterocycles. The van der Waals surface area contributed by atoms with Crippen LogP contribution in [0, 0.1) is 6.92 Å². The molecule has 1 saturated heterocycles. The van der Waals surface area contributed by atoms with Crippen LogP contribution in [0.15, 0.2) is 18.3 Å². The molecule has 0 aliphatic carbocycles. The summed E-state index contributed by atoms with van der Waals surface area (Å²) in [6, 6.07) is 3.98. The van der Waals surface area contributed by atoms with E-state index in [1.165, 1.54) is 5.56 Å². The minimum atomic E-state index is 0.415. The van der Waals surface area contributed by atoms with Crippen LogP contribution in [0.5, 0.6) is 0 Å². The number of rotatable bonds is 2. The van der Waals surface area contributed by atoms with E-state index >= 15 is 0 Å². The van der Waals surface area contributed by atoms with E-state index in [0.29, 0.717) is 11.6 Å². The van der Waals surface area contributed by atoms with E-state index in [2.05, 4.69) is 27.8 Å². The number of nitrogens with zero attached hydrogens (tertiary/aromatic N) is 2. The monoisotopic (exact) mass is 229 g/mol. The predicted octanol–water partition coefficient (Wildman–Crippen LogP) is 1.53. The minimum absolute atomic E-state index is 0.415. The Labute approximate surface area is 99.7 Å². The van der Waals surface area contributed by atoms with Crippen molar-refractivity contribution < 1.29 is 4.79 Å². The second-order valence-electron chi connectivity index (χ2n) is 4.62. The standard InChI is InChI=1S/C13H15N3O/c1-9-2-3-12-11(8-17)15-13(16(12)7-9)10-4-5-14-6-10/h2-3,7-8,10,14H,4-6H2,1H3. The van der Waals surface area contributed by atoms with E-state index in [4.69, 9.17) is 0 Å². The third-order valence-electron chi connectivity index (χ3n) is 3.38. The highest BCUT2D eigenvalue weighted by Gasteiger charge is 2.22. The van der Waals surface area contributed by atoms with Crippen molar-refractivity contribution in [2.24, 2.45) is 0 Å². The van der Waals surface area contributed by atoms with Gasteiger partial charge in [0.2, 0.25) is 0 Å². The van der Waals surface area contributed by atoms with Crippen LogP contribution in [0.2, 0.25) is 0 Å². The van der Waals surface area contributed by atoms with Crippen molar-refractivity contribution in [1.82, 2.24) is 14.7 Å². The van der Waals surface area contributed by atoms with Gasteiger partial charge in [0.1, 0.15) is 11.5 Å². The maximum absolute atomic E-state index is 11.0. The molecule has 1 aliphatic rings. The average molecular weight is 229 g/mol. The molecule has 0 aromatic carbocycles. The van der Waals surface area contributed by atoms with Gasteiger partial charge in [-0.05, 0) is 31.5 Å². The fourth-order valence-corrected chi connectivity index (χ4v) is 2.49. The van der Waals surface area contributed by atoms with Crippen molar-refractivity contribution in [2.75, 3.05) is 13.1 Å².